The van der Waals surface area contributed by atoms with Crippen LogP contribution in [-0.4, -0.2) is 16.9 Å². The molecule has 0 aliphatic heterocycles. The Morgan fingerprint density at radius 3 is 2.79 bits per heavy atom. The van der Waals surface area contributed by atoms with Gasteiger partial charge in [0.15, 0.2) is 0 Å². The smallest absolute Gasteiger partial charge is 0.450 e. The summed E-state index contributed by atoms with van der Waals surface area (Å²) in [4.78, 5) is 10.6. The van der Waals surface area contributed by atoms with E-state index in [1.807, 2.05) is 6.92 Å². The molecule has 14 heavy (non-hydrogen) atoms. The summed E-state index contributed by atoms with van der Waals surface area (Å²) >= 11 is 0. The minimum Gasteiger partial charge on any atom is -0.450 e. The van der Waals surface area contributed by atoms with E-state index in [4.69, 9.17) is 9.84 Å². The lowest BCUT2D eigenvalue weighted by Gasteiger charge is -2.31. The van der Waals surface area contributed by atoms with Crippen LogP contribution in [0.15, 0.2) is 12.2 Å². The molecule has 1 N–H and O–H groups in total. The third-order valence-corrected chi connectivity index (χ3v) is 2.88. The molecule has 3 nitrogen and oxygen atoms in total. The molecule has 0 aromatic rings. The predicted octanol–water partition coefficient (Wildman–Crippen LogP) is 3.35. The maximum atomic E-state index is 10.6. The Bertz CT molecular complexity index is 223. The average Bonchev–Trinajstić information content (AvgIpc) is 2.09. The Morgan fingerprint density at radius 2 is 2.14 bits per heavy atom. The summed E-state index contributed by atoms with van der Waals surface area (Å²) < 4.78 is 5.05. The molecule has 0 bridgehead atoms. The van der Waals surface area contributed by atoms with Crippen molar-refractivity contribution in [2.45, 2.75) is 51.0 Å². The van der Waals surface area contributed by atoms with Gasteiger partial charge in [0.25, 0.3) is 0 Å². The van der Waals surface area contributed by atoms with E-state index in [0.717, 1.165) is 38.5 Å². The molecule has 0 fully saturated rings. The van der Waals surface area contributed by atoms with E-state index in [2.05, 4.69) is 12.2 Å². The van der Waals surface area contributed by atoms with Crippen LogP contribution in [0, 0.1) is 0 Å². The Labute approximate surface area is 84.8 Å². The molecule has 0 spiro atoms. The lowest BCUT2D eigenvalue weighted by Crippen LogP contribution is -2.34. The molecule has 0 aromatic heterocycles. The van der Waals surface area contributed by atoms with Gasteiger partial charge in [-0.05, 0) is 38.5 Å². The molecule has 1 atom stereocenters. The van der Waals surface area contributed by atoms with Crippen LogP contribution >= 0.6 is 0 Å². The molecule has 0 saturated carbocycles. The van der Waals surface area contributed by atoms with Crippen LogP contribution in [0.4, 0.5) is 4.79 Å². The van der Waals surface area contributed by atoms with Crippen molar-refractivity contribution >= 4 is 6.16 Å². The zero-order valence-electron chi connectivity index (χ0n) is 8.66. The molecule has 0 amide bonds. The first-order valence-electron chi connectivity index (χ1n) is 5.25. The molecule has 80 valence electrons. The van der Waals surface area contributed by atoms with E-state index in [1.165, 1.54) is 0 Å². The molecular weight excluding hydrogens is 180 g/mol. The highest BCUT2D eigenvalue weighted by Gasteiger charge is 2.31. The Kier molecular flexibility index (Phi) is 3.98. The second-order valence-electron chi connectivity index (χ2n) is 3.81. The maximum absolute atomic E-state index is 10.6. The molecule has 1 aliphatic rings. The molecule has 1 unspecified atom stereocenters. The van der Waals surface area contributed by atoms with Crippen LogP contribution in [0.2, 0.25) is 0 Å². The summed E-state index contributed by atoms with van der Waals surface area (Å²) in [7, 11) is 0. The van der Waals surface area contributed by atoms with Gasteiger partial charge in [-0.15, -0.1) is 0 Å². The Hall–Kier alpha value is -0.990. The lowest BCUT2D eigenvalue weighted by molar-refractivity contribution is -0.0334. The summed E-state index contributed by atoms with van der Waals surface area (Å²) in [6, 6.07) is 0. The second kappa shape index (κ2) is 5.03. The average molecular weight is 198 g/mol. The number of rotatable bonds is 2. The number of allylic oxidation sites excluding steroid dienone is 2. The monoisotopic (exact) mass is 198 g/mol. The fraction of sp³-hybridized carbons (Fsp3) is 0.727. The number of hydrogen-bond donors (Lipinski definition) is 1. The van der Waals surface area contributed by atoms with Crippen LogP contribution in [0.1, 0.15) is 45.4 Å². The van der Waals surface area contributed by atoms with Crippen molar-refractivity contribution in [3.8, 4) is 0 Å². The highest BCUT2D eigenvalue weighted by Crippen LogP contribution is 2.30. The van der Waals surface area contributed by atoms with Crippen LogP contribution in [0.5, 0.6) is 0 Å². The molecule has 0 saturated heterocycles. The molecule has 0 radical (unpaired) electrons. The van der Waals surface area contributed by atoms with Gasteiger partial charge in [0.1, 0.15) is 5.60 Å². The quantitative estimate of drug-likeness (QED) is 0.546. The number of carbonyl (C=O) groups is 1. The molecule has 1 rings (SSSR count). The summed E-state index contributed by atoms with van der Waals surface area (Å²) in [6.45, 7) is 1.99. The van der Waals surface area contributed by atoms with Gasteiger partial charge in [-0.1, -0.05) is 19.1 Å². The normalized spacial score (nSPS) is 27.8. The SMILES string of the molecule is CCC1(OC(=O)O)CCC=CCCC1. The maximum Gasteiger partial charge on any atom is 0.506 e. The lowest BCUT2D eigenvalue weighted by atomic mass is 9.87. The van der Waals surface area contributed by atoms with Crippen molar-refractivity contribution in [1.29, 1.82) is 0 Å². The van der Waals surface area contributed by atoms with Crippen molar-refractivity contribution in [3.63, 3.8) is 0 Å². The van der Waals surface area contributed by atoms with Crippen molar-refractivity contribution in [2.24, 2.45) is 0 Å². The first kappa shape index (κ1) is 11.1. The number of ether oxygens (including phenoxy) is 1. The van der Waals surface area contributed by atoms with E-state index >= 15 is 0 Å². The molecule has 1 aliphatic carbocycles. The summed E-state index contributed by atoms with van der Waals surface area (Å²) in [6.07, 6.45) is 8.54. The summed E-state index contributed by atoms with van der Waals surface area (Å²) in [5, 5.41) is 8.68. The minimum absolute atomic E-state index is 0.434. The predicted molar refractivity (Wildman–Crippen MR) is 54.4 cm³/mol. The van der Waals surface area contributed by atoms with Crippen molar-refractivity contribution in [3.05, 3.63) is 12.2 Å². The van der Waals surface area contributed by atoms with Crippen molar-refractivity contribution < 1.29 is 14.6 Å². The topological polar surface area (TPSA) is 46.5 Å². The van der Waals surface area contributed by atoms with E-state index < -0.39 is 11.8 Å². The van der Waals surface area contributed by atoms with Gasteiger partial charge in [0.05, 0.1) is 0 Å². The molecule has 0 heterocycles. The van der Waals surface area contributed by atoms with Crippen LogP contribution in [0.3, 0.4) is 0 Å². The van der Waals surface area contributed by atoms with Crippen molar-refractivity contribution in [2.75, 3.05) is 0 Å². The van der Waals surface area contributed by atoms with E-state index in [1.54, 1.807) is 0 Å². The van der Waals surface area contributed by atoms with Gasteiger partial charge in [-0.2, -0.15) is 0 Å². The fourth-order valence-corrected chi connectivity index (χ4v) is 1.96. The number of hydrogen-bond acceptors (Lipinski definition) is 2. The first-order valence-corrected chi connectivity index (χ1v) is 5.25. The van der Waals surface area contributed by atoms with Gasteiger partial charge >= 0.3 is 6.16 Å². The zero-order chi connectivity index (χ0) is 10.4. The first-order chi connectivity index (χ1) is 6.68. The van der Waals surface area contributed by atoms with Crippen molar-refractivity contribution in [1.82, 2.24) is 0 Å². The van der Waals surface area contributed by atoms with Gasteiger partial charge in [-0.25, -0.2) is 4.79 Å². The van der Waals surface area contributed by atoms with Gasteiger partial charge in [-0.3, -0.25) is 0 Å². The standard InChI is InChI=1S/C11H18O3/c1-2-11(14-10(12)13)8-6-4-3-5-7-9-11/h3-4H,2,5-9H2,1H3,(H,12,13). The summed E-state index contributed by atoms with van der Waals surface area (Å²) in [5.74, 6) is 0. The van der Waals surface area contributed by atoms with Gasteiger partial charge in [0.2, 0.25) is 0 Å². The minimum atomic E-state index is -1.14. The molecular formula is C11H18O3. The summed E-state index contributed by atoms with van der Waals surface area (Å²) in [5.41, 5.74) is -0.434. The Morgan fingerprint density at radius 1 is 1.43 bits per heavy atom. The fourth-order valence-electron chi connectivity index (χ4n) is 1.96. The zero-order valence-corrected chi connectivity index (χ0v) is 8.66. The second-order valence-corrected chi connectivity index (χ2v) is 3.81. The molecule has 3 heteroatoms. The molecule has 0 aromatic carbocycles. The van der Waals surface area contributed by atoms with Gasteiger partial charge in [0, 0.05) is 0 Å². The Balaban J connectivity index is 2.64. The third kappa shape index (κ3) is 3.05. The van der Waals surface area contributed by atoms with Crippen LogP contribution in [-0.2, 0) is 4.74 Å². The van der Waals surface area contributed by atoms with Crippen LogP contribution < -0.4 is 0 Å². The van der Waals surface area contributed by atoms with Crippen LogP contribution in [0.25, 0.3) is 0 Å². The third-order valence-electron chi connectivity index (χ3n) is 2.88. The number of carboxylic acid groups (broad SMARTS) is 1. The van der Waals surface area contributed by atoms with E-state index in [-0.39, 0.29) is 0 Å². The van der Waals surface area contributed by atoms with E-state index in [9.17, 15) is 4.79 Å². The van der Waals surface area contributed by atoms with Gasteiger partial charge < -0.3 is 9.84 Å². The highest BCUT2D eigenvalue weighted by atomic mass is 16.7. The van der Waals surface area contributed by atoms with E-state index in [0.29, 0.717) is 0 Å². The largest absolute Gasteiger partial charge is 0.506 e. The highest BCUT2D eigenvalue weighted by molar-refractivity contribution is 5.57.